The molecule has 47 heavy (non-hydrogen) atoms. The number of para-hydroxylation sites is 1. The molecule has 3 aromatic rings. The number of nitrogens with one attached hydrogen (secondary N) is 1. The number of esters is 1. The number of hydrogen-bond acceptors (Lipinski definition) is 6. The number of methoxy groups -OCH3 is 1. The molecule has 7 nitrogen and oxygen atoms in total. The second-order valence-corrected chi connectivity index (χ2v) is 15.9. The van der Waals surface area contributed by atoms with Crippen molar-refractivity contribution >= 4 is 22.6 Å². The van der Waals surface area contributed by atoms with E-state index < -0.39 is 11.8 Å². The van der Waals surface area contributed by atoms with Crippen LogP contribution in [0.3, 0.4) is 0 Å². The first-order chi connectivity index (χ1) is 22.9. The average molecular weight is 633 g/mol. The van der Waals surface area contributed by atoms with Gasteiger partial charge in [-0.3, -0.25) is 4.90 Å². The number of hydrogen-bond donors (Lipinski definition) is 1. The minimum absolute atomic E-state index is 0.113. The third kappa shape index (κ3) is 3.58. The van der Waals surface area contributed by atoms with Gasteiger partial charge in [-0.25, -0.2) is 4.79 Å². The third-order valence-electron chi connectivity index (χ3n) is 14.3. The number of nitrogens with zero attached hydrogens (tertiary/aromatic N) is 3. The van der Waals surface area contributed by atoms with Gasteiger partial charge in [0, 0.05) is 60.4 Å². The lowest BCUT2D eigenvalue weighted by Gasteiger charge is -2.67. The molecule has 10 rings (SSSR count). The Bertz CT molecular complexity index is 1850. The summed E-state index contributed by atoms with van der Waals surface area (Å²) in [5.74, 6) is 0.952. The van der Waals surface area contributed by atoms with E-state index in [2.05, 4.69) is 76.0 Å². The largest absolute Gasteiger partial charge is 0.467 e. The normalized spacial score (nSPS) is 37.5. The maximum Gasteiger partial charge on any atom is 0.329 e. The number of aromatic amines is 1. The first kappa shape index (κ1) is 28.7. The highest BCUT2D eigenvalue weighted by Crippen LogP contribution is 2.67. The van der Waals surface area contributed by atoms with Gasteiger partial charge in [0.25, 0.3) is 0 Å². The molecule has 7 atom stereocenters. The van der Waals surface area contributed by atoms with Crippen LogP contribution in [0.1, 0.15) is 74.8 Å². The molecule has 4 saturated heterocycles. The van der Waals surface area contributed by atoms with E-state index in [0.717, 1.165) is 63.2 Å². The predicted octanol–water partition coefficient (Wildman–Crippen LogP) is 6.13. The number of H-pyrrole nitrogens is 1. The Labute approximate surface area is 278 Å². The van der Waals surface area contributed by atoms with Crippen molar-refractivity contribution < 1.29 is 14.3 Å². The van der Waals surface area contributed by atoms with Crippen LogP contribution in [-0.2, 0) is 34.2 Å². The lowest BCUT2D eigenvalue weighted by Crippen LogP contribution is -2.83. The van der Waals surface area contributed by atoms with Gasteiger partial charge in [0.05, 0.1) is 18.6 Å². The molecule has 1 spiro atoms. The Morgan fingerprint density at radius 3 is 2.87 bits per heavy atom. The summed E-state index contributed by atoms with van der Waals surface area (Å²) in [6, 6.07) is 13.5. The zero-order valence-electron chi connectivity index (χ0n) is 28.2. The van der Waals surface area contributed by atoms with Crippen LogP contribution in [0.4, 0.5) is 5.69 Å². The van der Waals surface area contributed by atoms with Crippen molar-refractivity contribution in [3.8, 4) is 5.75 Å². The standard InChI is InChI=1S/C40H48N4O3/c1-4-25-23-43-18-15-39-22-26-19-29-27-12-17-42-16-8-13-38(5-2,24-42)14-11-31(27)41-32(29)21-34(26)47-40(39)35(43)20-28(25)36(37(45)46-3)44(40)33-10-7-6-9-30(33)39/h4,6-7,9-10,19,21,28,35-36,41H,5,8,11-18,20,22-24H2,1-3H3. The molecular weight excluding hydrogens is 584 g/mol. The van der Waals surface area contributed by atoms with E-state index in [1.54, 1.807) is 7.11 Å². The Balaban J connectivity index is 1.14. The van der Waals surface area contributed by atoms with E-state index in [4.69, 9.17) is 9.47 Å². The molecule has 0 amide bonds. The van der Waals surface area contributed by atoms with Crippen LogP contribution in [0.25, 0.3) is 10.9 Å². The van der Waals surface area contributed by atoms with Crippen molar-refractivity contribution in [3.05, 3.63) is 70.4 Å². The molecule has 1 N–H and O–H groups in total. The first-order valence-corrected chi connectivity index (χ1v) is 18.4. The molecule has 7 aliphatic rings. The van der Waals surface area contributed by atoms with Crippen molar-refractivity contribution in [2.24, 2.45) is 11.3 Å². The van der Waals surface area contributed by atoms with Crippen molar-refractivity contribution in [2.45, 2.75) is 94.9 Å². The van der Waals surface area contributed by atoms with Gasteiger partial charge in [0.15, 0.2) is 0 Å². The molecule has 0 aliphatic carbocycles. The highest BCUT2D eigenvalue weighted by molar-refractivity contribution is 5.89. The number of aromatic nitrogens is 1. The van der Waals surface area contributed by atoms with E-state index in [1.165, 1.54) is 77.6 Å². The fraction of sp³-hybridized carbons (Fsp3) is 0.575. The molecule has 2 aromatic carbocycles. The van der Waals surface area contributed by atoms with Crippen molar-refractivity contribution in [2.75, 3.05) is 44.7 Å². The smallest absolute Gasteiger partial charge is 0.329 e. The molecule has 4 bridgehead atoms. The lowest BCUT2D eigenvalue weighted by molar-refractivity contribution is -0.170. The van der Waals surface area contributed by atoms with Crippen LogP contribution in [0, 0.1) is 11.3 Å². The van der Waals surface area contributed by atoms with E-state index in [0.29, 0.717) is 5.41 Å². The maximum absolute atomic E-state index is 13.9. The Kier molecular flexibility index (Phi) is 6.03. The van der Waals surface area contributed by atoms with Crippen LogP contribution in [0.15, 0.2) is 48.0 Å². The lowest BCUT2D eigenvalue weighted by atomic mass is 9.57. The van der Waals surface area contributed by atoms with Crippen LogP contribution >= 0.6 is 0 Å². The first-order valence-electron chi connectivity index (χ1n) is 18.4. The number of ether oxygens (including phenoxy) is 2. The molecule has 4 fully saturated rings. The number of piperidine rings is 4. The maximum atomic E-state index is 13.9. The van der Waals surface area contributed by atoms with E-state index >= 15 is 0 Å². The molecule has 0 radical (unpaired) electrons. The van der Waals surface area contributed by atoms with Gasteiger partial charge in [-0.05, 0) is 105 Å². The summed E-state index contributed by atoms with van der Waals surface area (Å²) in [6.45, 7) is 10.1. The summed E-state index contributed by atoms with van der Waals surface area (Å²) in [5, 5.41) is 1.39. The number of carbonyl (C=O) groups excluding carboxylic acids is 1. The number of anilines is 1. The van der Waals surface area contributed by atoms with E-state index in [9.17, 15) is 4.79 Å². The number of carbonyl (C=O) groups is 1. The topological polar surface area (TPSA) is 61.0 Å². The Hall–Kier alpha value is -3.29. The third-order valence-corrected chi connectivity index (χ3v) is 14.3. The van der Waals surface area contributed by atoms with Gasteiger partial charge in [-0.2, -0.15) is 0 Å². The molecular formula is C40H48N4O3. The van der Waals surface area contributed by atoms with Gasteiger partial charge in [0.2, 0.25) is 5.72 Å². The summed E-state index contributed by atoms with van der Waals surface area (Å²) in [5.41, 5.74) is 8.89. The zero-order valence-corrected chi connectivity index (χ0v) is 28.2. The predicted molar refractivity (Wildman–Crippen MR) is 184 cm³/mol. The quantitative estimate of drug-likeness (QED) is 0.271. The number of benzene rings is 2. The highest BCUT2D eigenvalue weighted by atomic mass is 16.5. The van der Waals surface area contributed by atoms with Crippen molar-refractivity contribution in [1.29, 1.82) is 0 Å². The molecule has 7 unspecified atom stereocenters. The summed E-state index contributed by atoms with van der Waals surface area (Å²) >= 11 is 0. The summed E-state index contributed by atoms with van der Waals surface area (Å²) < 4.78 is 13.3. The van der Waals surface area contributed by atoms with Crippen molar-refractivity contribution in [3.63, 3.8) is 0 Å². The molecule has 7 heteroatoms. The number of allylic oxidation sites excluding steroid dienone is 1. The van der Waals surface area contributed by atoms with Gasteiger partial charge in [-0.15, -0.1) is 0 Å². The highest BCUT2D eigenvalue weighted by Gasteiger charge is 2.76. The Morgan fingerprint density at radius 1 is 1.13 bits per heavy atom. The fourth-order valence-electron chi connectivity index (χ4n) is 12.0. The summed E-state index contributed by atoms with van der Waals surface area (Å²) in [6.07, 6.45) is 12.5. The number of rotatable bonds is 2. The van der Waals surface area contributed by atoms with Gasteiger partial charge < -0.3 is 24.3 Å². The summed E-state index contributed by atoms with van der Waals surface area (Å²) in [4.78, 5) is 25.7. The van der Waals surface area contributed by atoms with E-state index in [1.807, 2.05) is 0 Å². The van der Waals surface area contributed by atoms with Crippen LogP contribution < -0.4 is 9.64 Å². The van der Waals surface area contributed by atoms with Gasteiger partial charge >= 0.3 is 5.97 Å². The Morgan fingerprint density at radius 2 is 2.02 bits per heavy atom. The van der Waals surface area contributed by atoms with Crippen LogP contribution in [0.5, 0.6) is 5.75 Å². The number of aryl methyl sites for hydroxylation is 1. The fourth-order valence-corrected chi connectivity index (χ4v) is 12.0. The second kappa shape index (κ2) is 9.88. The summed E-state index contributed by atoms with van der Waals surface area (Å²) in [7, 11) is 1.55. The van der Waals surface area contributed by atoms with E-state index in [-0.39, 0.29) is 23.3 Å². The van der Waals surface area contributed by atoms with Crippen molar-refractivity contribution in [1.82, 2.24) is 14.8 Å². The van der Waals surface area contributed by atoms with Gasteiger partial charge in [-0.1, -0.05) is 36.8 Å². The molecule has 0 saturated carbocycles. The monoisotopic (exact) mass is 632 g/mol. The van der Waals surface area contributed by atoms with Crippen LogP contribution in [0.2, 0.25) is 0 Å². The molecule has 1 aromatic heterocycles. The second-order valence-electron chi connectivity index (χ2n) is 15.9. The SMILES string of the molecule is CC=C1CN2CCC34Cc5cc6c7c([nH]c6cc5OC35C2CC1C(C(=O)OC)N5c1ccccc14)CCC1(CC)CCCN(CC7)C1. The van der Waals surface area contributed by atoms with Crippen LogP contribution in [-0.4, -0.2) is 78.4 Å². The molecule has 7 aliphatic heterocycles. The molecule has 8 heterocycles. The molecule has 246 valence electrons. The average Bonchev–Trinajstić information content (AvgIpc) is 3.58. The van der Waals surface area contributed by atoms with Gasteiger partial charge in [0.1, 0.15) is 11.8 Å². The minimum Gasteiger partial charge on any atom is -0.467 e. The zero-order chi connectivity index (χ0) is 31.7. The minimum atomic E-state index is -0.665. The number of fused-ring (bicyclic) bond motifs is 9.